The summed E-state index contributed by atoms with van der Waals surface area (Å²) in [6.45, 7) is 0. The second kappa shape index (κ2) is 4.67. The summed E-state index contributed by atoms with van der Waals surface area (Å²) in [5.74, 6) is 0. The molecule has 2 fully saturated rings. The Labute approximate surface area is 119 Å². The van der Waals surface area contributed by atoms with Gasteiger partial charge in [0.1, 0.15) is 0 Å². The summed E-state index contributed by atoms with van der Waals surface area (Å²) in [7, 11) is -3.19. The molecule has 2 aliphatic rings. The molecule has 3 rings (SSSR count). The van der Waals surface area contributed by atoms with E-state index >= 15 is 0 Å². The van der Waals surface area contributed by atoms with Crippen LogP contribution in [0.15, 0.2) is 29.2 Å². The minimum Gasteiger partial charge on any atom is -0.364 e. The van der Waals surface area contributed by atoms with Crippen LogP contribution in [0.2, 0.25) is 0 Å². The highest BCUT2D eigenvalue weighted by molar-refractivity contribution is 7.90. The maximum absolute atomic E-state index is 11.9. The van der Waals surface area contributed by atoms with Crippen molar-refractivity contribution in [2.75, 3.05) is 11.2 Å². The van der Waals surface area contributed by atoms with Crippen LogP contribution in [0.4, 0.5) is 5.69 Å². The molecule has 2 bridgehead atoms. The molecule has 2 heterocycles. The van der Waals surface area contributed by atoms with Crippen LogP contribution in [0.5, 0.6) is 0 Å². The Kier molecular flexibility index (Phi) is 3.26. The summed E-state index contributed by atoms with van der Waals surface area (Å²) in [6.07, 6.45) is 5.42. The zero-order chi connectivity index (χ0) is 13.6. The molecular formula is C14H18ClNO2S. The second-order valence-electron chi connectivity index (χ2n) is 5.60. The van der Waals surface area contributed by atoms with Crippen LogP contribution in [-0.2, 0) is 9.84 Å². The fourth-order valence-electron chi connectivity index (χ4n) is 3.49. The predicted octanol–water partition coefficient (Wildman–Crippen LogP) is 2.83. The van der Waals surface area contributed by atoms with E-state index in [0.717, 1.165) is 31.4 Å². The summed E-state index contributed by atoms with van der Waals surface area (Å²) in [5.41, 5.74) is 0.862. The molecule has 0 amide bonds. The van der Waals surface area contributed by atoms with E-state index in [1.165, 1.54) is 6.26 Å². The fraction of sp³-hybridized carbons (Fsp3) is 0.571. The van der Waals surface area contributed by atoms with Crippen molar-refractivity contribution in [2.45, 2.75) is 48.0 Å². The van der Waals surface area contributed by atoms with Gasteiger partial charge in [0.15, 0.2) is 9.84 Å². The number of fused-ring (bicyclic) bond motifs is 2. The summed E-state index contributed by atoms with van der Waals surface area (Å²) >= 11 is 6.28. The smallest absolute Gasteiger partial charge is 0.177 e. The Morgan fingerprint density at radius 1 is 1.16 bits per heavy atom. The Bertz CT molecular complexity index is 573. The topological polar surface area (TPSA) is 37.4 Å². The number of anilines is 1. The predicted molar refractivity (Wildman–Crippen MR) is 77.7 cm³/mol. The highest BCUT2D eigenvalue weighted by atomic mass is 35.5. The van der Waals surface area contributed by atoms with E-state index in [1.54, 1.807) is 12.1 Å². The minimum absolute atomic E-state index is 0.235. The van der Waals surface area contributed by atoms with Crippen molar-refractivity contribution < 1.29 is 8.42 Å². The summed E-state index contributed by atoms with van der Waals surface area (Å²) in [6, 6.07) is 8.12. The van der Waals surface area contributed by atoms with E-state index in [0.29, 0.717) is 17.0 Å². The normalized spacial score (nSPS) is 30.6. The van der Waals surface area contributed by atoms with Gasteiger partial charge in [-0.3, -0.25) is 0 Å². The van der Waals surface area contributed by atoms with Gasteiger partial charge in [0.2, 0.25) is 0 Å². The first-order valence-corrected chi connectivity index (χ1v) is 9.01. The summed E-state index contributed by atoms with van der Waals surface area (Å²) in [4.78, 5) is 2.75. The van der Waals surface area contributed by atoms with E-state index in [2.05, 4.69) is 4.90 Å². The van der Waals surface area contributed by atoms with E-state index in [4.69, 9.17) is 11.6 Å². The largest absolute Gasteiger partial charge is 0.364 e. The molecule has 0 aliphatic carbocycles. The van der Waals surface area contributed by atoms with Crippen molar-refractivity contribution in [3.05, 3.63) is 24.3 Å². The summed E-state index contributed by atoms with van der Waals surface area (Å²) in [5, 5.41) is 0.235. The average molecular weight is 300 g/mol. The zero-order valence-electron chi connectivity index (χ0n) is 10.9. The van der Waals surface area contributed by atoms with E-state index in [9.17, 15) is 8.42 Å². The minimum atomic E-state index is -3.19. The molecule has 2 atom stereocenters. The van der Waals surface area contributed by atoms with E-state index in [-0.39, 0.29) is 5.38 Å². The number of hydrogen-bond donors (Lipinski definition) is 0. The molecule has 104 valence electrons. The second-order valence-corrected chi connectivity index (χ2v) is 8.20. The maximum Gasteiger partial charge on any atom is 0.177 e. The number of halogens is 1. The van der Waals surface area contributed by atoms with Gasteiger partial charge in [-0.05, 0) is 37.8 Å². The third-order valence-electron chi connectivity index (χ3n) is 4.22. The van der Waals surface area contributed by atoms with Gasteiger partial charge in [0, 0.05) is 23.7 Å². The lowest BCUT2D eigenvalue weighted by Gasteiger charge is -2.39. The average Bonchev–Trinajstić information content (AvgIpc) is 2.60. The molecule has 1 aromatic carbocycles. The van der Waals surface area contributed by atoms with E-state index in [1.807, 2.05) is 12.1 Å². The van der Waals surface area contributed by atoms with Gasteiger partial charge in [0.05, 0.1) is 10.6 Å². The number of sulfone groups is 1. The highest BCUT2D eigenvalue weighted by Crippen LogP contribution is 2.42. The lowest BCUT2D eigenvalue weighted by atomic mass is 10.0. The van der Waals surface area contributed by atoms with Crippen molar-refractivity contribution in [1.82, 2.24) is 0 Å². The Hall–Kier alpha value is -0.740. The molecule has 0 saturated carbocycles. The van der Waals surface area contributed by atoms with Gasteiger partial charge < -0.3 is 4.90 Å². The Morgan fingerprint density at radius 2 is 1.74 bits per heavy atom. The molecule has 19 heavy (non-hydrogen) atoms. The van der Waals surface area contributed by atoms with Gasteiger partial charge in [-0.1, -0.05) is 12.1 Å². The monoisotopic (exact) mass is 299 g/mol. The van der Waals surface area contributed by atoms with Crippen molar-refractivity contribution in [1.29, 1.82) is 0 Å². The van der Waals surface area contributed by atoms with E-state index < -0.39 is 9.84 Å². The van der Waals surface area contributed by atoms with Gasteiger partial charge in [-0.15, -0.1) is 11.6 Å². The Balaban J connectivity index is 2.05. The molecule has 0 aromatic heterocycles. The van der Waals surface area contributed by atoms with Crippen LogP contribution in [-0.4, -0.2) is 32.1 Å². The summed E-state index contributed by atoms with van der Waals surface area (Å²) < 4.78 is 23.9. The molecule has 1 aromatic rings. The first kappa shape index (κ1) is 13.3. The van der Waals surface area contributed by atoms with Crippen molar-refractivity contribution >= 4 is 27.1 Å². The van der Waals surface area contributed by atoms with Gasteiger partial charge in [-0.2, -0.15) is 0 Å². The standard InChI is InChI=1S/C14H18ClNO2S/c1-19(17,18)14-5-3-2-4-13(14)16-11-6-7-12(16)9-10(15)8-11/h2-5,10-12H,6-9H2,1H3. The van der Waals surface area contributed by atoms with Crippen LogP contribution in [0.25, 0.3) is 0 Å². The molecule has 2 saturated heterocycles. The van der Waals surface area contributed by atoms with Gasteiger partial charge in [0.25, 0.3) is 0 Å². The number of rotatable bonds is 2. The van der Waals surface area contributed by atoms with Crippen molar-refractivity contribution in [3.63, 3.8) is 0 Å². The number of para-hydroxylation sites is 1. The molecule has 0 spiro atoms. The number of hydrogen-bond acceptors (Lipinski definition) is 3. The van der Waals surface area contributed by atoms with Gasteiger partial charge in [-0.25, -0.2) is 8.42 Å². The van der Waals surface area contributed by atoms with Crippen molar-refractivity contribution in [2.24, 2.45) is 0 Å². The van der Waals surface area contributed by atoms with Crippen LogP contribution in [0.1, 0.15) is 25.7 Å². The fourth-order valence-corrected chi connectivity index (χ4v) is 4.78. The number of nitrogens with zero attached hydrogens (tertiary/aromatic N) is 1. The molecular weight excluding hydrogens is 282 g/mol. The number of benzene rings is 1. The molecule has 0 radical (unpaired) electrons. The van der Waals surface area contributed by atoms with Crippen molar-refractivity contribution in [3.8, 4) is 0 Å². The first-order chi connectivity index (χ1) is 8.97. The molecule has 2 aliphatic heterocycles. The maximum atomic E-state index is 11.9. The van der Waals surface area contributed by atoms with Crippen LogP contribution < -0.4 is 4.90 Å². The number of alkyl halides is 1. The van der Waals surface area contributed by atoms with Crippen LogP contribution in [0.3, 0.4) is 0 Å². The zero-order valence-corrected chi connectivity index (χ0v) is 12.5. The molecule has 3 nitrogen and oxygen atoms in total. The third-order valence-corrected chi connectivity index (χ3v) is 5.72. The lowest BCUT2D eigenvalue weighted by Crippen LogP contribution is -2.44. The molecule has 0 N–H and O–H groups in total. The quantitative estimate of drug-likeness (QED) is 0.788. The van der Waals surface area contributed by atoms with Crippen LogP contribution >= 0.6 is 11.6 Å². The Morgan fingerprint density at radius 3 is 2.32 bits per heavy atom. The van der Waals surface area contributed by atoms with Crippen LogP contribution in [0, 0.1) is 0 Å². The number of piperidine rings is 1. The van der Waals surface area contributed by atoms with Gasteiger partial charge >= 0.3 is 0 Å². The first-order valence-electron chi connectivity index (χ1n) is 6.68. The molecule has 5 heteroatoms. The highest BCUT2D eigenvalue weighted by Gasteiger charge is 2.41. The lowest BCUT2D eigenvalue weighted by molar-refractivity contribution is 0.471. The molecule has 2 unspecified atom stereocenters. The SMILES string of the molecule is CS(=O)(=O)c1ccccc1N1C2CCC1CC(Cl)C2. The third kappa shape index (κ3) is 2.36.